The van der Waals surface area contributed by atoms with E-state index < -0.39 is 0 Å². The monoisotopic (exact) mass is 202 g/mol. The van der Waals surface area contributed by atoms with E-state index >= 15 is 0 Å². The van der Waals surface area contributed by atoms with Gasteiger partial charge in [-0.05, 0) is 19.1 Å². The molecule has 0 bridgehead atoms. The lowest BCUT2D eigenvalue weighted by Crippen LogP contribution is -2.03. The SMILES string of the molecule is CCn1ccnc1Cc1cccc(N)n1. The Balaban J connectivity index is 2.22. The fraction of sp³-hybridized carbons (Fsp3) is 0.273. The Labute approximate surface area is 88.8 Å². The molecular formula is C11H14N4. The fourth-order valence-corrected chi connectivity index (χ4v) is 1.55. The van der Waals surface area contributed by atoms with Crippen molar-refractivity contribution in [3.8, 4) is 0 Å². The summed E-state index contributed by atoms with van der Waals surface area (Å²) in [5.74, 6) is 1.58. The number of nitrogen functional groups attached to an aromatic ring is 1. The Morgan fingerprint density at radius 1 is 1.40 bits per heavy atom. The predicted molar refractivity (Wildman–Crippen MR) is 59.4 cm³/mol. The van der Waals surface area contributed by atoms with E-state index in [1.807, 2.05) is 24.5 Å². The lowest BCUT2D eigenvalue weighted by molar-refractivity contribution is 0.709. The molecular weight excluding hydrogens is 188 g/mol. The third kappa shape index (κ3) is 2.15. The summed E-state index contributed by atoms with van der Waals surface area (Å²) in [6, 6.07) is 5.66. The first-order valence-electron chi connectivity index (χ1n) is 5.01. The van der Waals surface area contributed by atoms with Crippen molar-refractivity contribution in [3.05, 3.63) is 42.1 Å². The van der Waals surface area contributed by atoms with Crippen LogP contribution in [0.3, 0.4) is 0 Å². The number of aromatic nitrogens is 3. The van der Waals surface area contributed by atoms with Crippen LogP contribution in [0.5, 0.6) is 0 Å². The molecule has 0 radical (unpaired) electrons. The van der Waals surface area contributed by atoms with Crippen LogP contribution in [0.4, 0.5) is 5.82 Å². The molecule has 0 aliphatic rings. The molecule has 15 heavy (non-hydrogen) atoms. The van der Waals surface area contributed by atoms with Gasteiger partial charge in [0.15, 0.2) is 0 Å². The van der Waals surface area contributed by atoms with Crippen LogP contribution < -0.4 is 5.73 Å². The van der Waals surface area contributed by atoms with E-state index in [4.69, 9.17) is 5.73 Å². The molecule has 2 aromatic rings. The van der Waals surface area contributed by atoms with Crippen LogP contribution in [0.2, 0.25) is 0 Å². The minimum Gasteiger partial charge on any atom is -0.384 e. The lowest BCUT2D eigenvalue weighted by Gasteiger charge is -2.04. The van der Waals surface area contributed by atoms with Crippen LogP contribution in [-0.4, -0.2) is 14.5 Å². The molecule has 2 rings (SSSR count). The van der Waals surface area contributed by atoms with Gasteiger partial charge in [-0.25, -0.2) is 9.97 Å². The Morgan fingerprint density at radius 2 is 2.27 bits per heavy atom. The van der Waals surface area contributed by atoms with E-state index in [9.17, 15) is 0 Å². The van der Waals surface area contributed by atoms with Crippen molar-refractivity contribution in [1.29, 1.82) is 0 Å². The molecule has 0 saturated carbocycles. The first-order valence-corrected chi connectivity index (χ1v) is 5.01. The summed E-state index contributed by atoms with van der Waals surface area (Å²) < 4.78 is 2.10. The van der Waals surface area contributed by atoms with Crippen LogP contribution in [0, 0.1) is 0 Å². The van der Waals surface area contributed by atoms with Crippen LogP contribution in [0.1, 0.15) is 18.4 Å². The van der Waals surface area contributed by atoms with Gasteiger partial charge in [-0.15, -0.1) is 0 Å². The largest absolute Gasteiger partial charge is 0.384 e. The summed E-state index contributed by atoms with van der Waals surface area (Å²) >= 11 is 0. The van der Waals surface area contributed by atoms with E-state index in [2.05, 4.69) is 21.5 Å². The summed E-state index contributed by atoms with van der Waals surface area (Å²) in [6.07, 6.45) is 4.51. The highest BCUT2D eigenvalue weighted by molar-refractivity contribution is 5.29. The first-order chi connectivity index (χ1) is 7.29. The van der Waals surface area contributed by atoms with E-state index in [0.29, 0.717) is 5.82 Å². The smallest absolute Gasteiger partial charge is 0.123 e. The molecule has 78 valence electrons. The number of imidazole rings is 1. The molecule has 2 aromatic heterocycles. The number of rotatable bonds is 3. The average molecular weight is 202 g/mol. The quantitative estimate of drug-likeness (QED) is 0.820. The zero-order valence-electron chi connectivity index (χ0n) is 8.72. The molecule has 4 nitrogen and oxygen atoms in total. The molecule has 0 aliphatic heterocycles. The van der Waals surface area contributed by atoms with Gasteiger partial charge in [0.25, 0.3) is 0 Å². The molecule has 2 N–H and O–H groups in total. The number of anilines is 1. The van der Waals surface area contributed by atoms with Crippen molar-refractivity contribution < 1.29 is 0 Å². The summed E-state index contributed by atoms with van der Waals surface area (Å²) in [5.41, 5.74) is 6.57. The Bertz CT molecular complexity index is 447. The second-order valence-corrected chi connectivity index (χ2v) is 3.36. The number of aryl methyl sites for hydroxylation is 1. The lowest BCUT2D eigenvalue weighted by atomic mass is 10.2. The molecule has 0 saturated heterocycles. The highest BCUT2D eigenvalue weighted by Gasteiger charge is 2.03. The molecule has 0 amide bonds. The Kier molecular flexibility index (Phi) is 2.67. The Hall–Kier alpha value is -1.84. The van der Waals surface area contributed by atoms with Crippen molar-refractivity contribution in [1.82, 2.24) is 14.5 Å². The standard InChI is InChI=1S/C11H14N4/c1-2-15-7-6-13-11(15)8-9-4-3-5-10(12)14-9/h3-7H,2,8H2,1H3,(H2,12,14). The molecule has 0 fully saturated rings. The average Bonchev–Trinajstić information content (AvgIpc) is 2.65. The molecule has 4 heteroatoms. The van der Waals surface area contributed by atoms with Gasteiger partial charge in [0.2, 0.25) is 0 Å². The summed E-state index contributed by atoms with van der Waals surface area (Å²) in [6.45, 7) is 3.02. The molecule has 0 atom stereocenters. The Morgan fingerprint density at radius 3 is 3.00 bits per heavy atom. The van der Waals surface area contributed by atoms with Crippen LogP contribution in [0.25, 0.3) is 0 Å². The van der Waals surface area contributed by atoms with E-state index in [-0.39, 0.29) is 0 Å². The second-order valence-electron chi connectivity index (χ2n) is 3.36. The number of hydrogen-bond donors (Lipinski definition) is 1. The zero-order chi connectivity index (χ0) is 10.7. The molecule has 0 spiro atoms. The molecule has 2 heterocycles. The number of hydrogen-bond acceptors (Lipinski definition) is 3. The third-order valence-electron chi connectivity index (χ3n) is 2.31. The van der Waals surface area contributed by atoms with Crippen molar-refractivity contribution >= 4 is 5.82 Å². The van der Waals surface area contributed by atoms with Crippen molar-refractivity contribution in [2.45, 2.75) is 19.9 Å². The first kappa shape index (κ1) is 9.71. The number of pyridine rings is 1. The highest BCUT2D eigenvalue weighted by atomic mass is 15.1. The summed E-state index contributed by atoms with van der Waals surface area (Å²) in [4.78, 5) is 8.54. The summed E-state index contributed by atoms with van der Waals surface area (Å²) in [5, 5.41) is 0. The maximum absolute atomic E-state index is 5.62. The van der Waals surface area contributed by atoms with Gasteiger partial charge >= 0.3 is 0 Å². The fourth-order valence-electron chi connectivity index (χ4n) is 1.55. The minimum atomic E-state index is 0.558. The third-order valence-corrected chi connectivity index (χ3v) is 2.31. The van der Waals surface area contributed by atoms with Crippen molar-refractivity contribution in [2.75, 3.05) is 5.73 Å². The van der Waals surface area contributed by atoms with Gasteiger partial charge in [-0.2, -0.15) is 0 Å². The van der Waals surface area contributed by atoms with Gasteiger partial charge in [-0.3, -0.25) is 0 Å². The predicted octanol–water partition coefficient (Wildman–Crippen LogP) is 1.47. The minimum absolute atomic E-state index is 0.558. The van der Waals surface area contributed by atoms with Crippen molar-refractivity contribution in [3.63, 3.8) is 0 Å². The highest BCUT2D eigenvalue weighted by Crippen LogP contribution is 2.07. The van der Waals surface area contributed by atoms with Crippen LogP contribution in [0.15, 0.2) is 30.6 Å². The number of nitrogens with zero attached hydrogens (tertiary/aromatic N) is 3. The van der Waals surface area contributed by atoms with Gasteiger partial charge in [0, 0.05) is 25.4 Å². The van der Waals surface area contributed by atoms with E-state index in [0.717, 1.165) is 24.5 Å². The van der Waals surface area contributed by atoms with Crippen LogP contribution in [-0.2, 0) is 13.0 Å². The molecule has 0 unspecified atom stereocenters. The van der Waals surface area contributed by atoms with Gasteiger partial charge < -0.3 is 10.3 Å². The van der Waals surface area contributed by atoms with Crippen molar-refractivity contribution in [2.24, 2.45) is 0 Å². The maximum Gasteiger partial charge on any atom is 0.123 e. The second kappa shape index (κ2) is 4.13. The maximum atomic E-state index is 5.62. The molecule has 0 aromatic carbocycles. The molecule has 0 aliphatic carbocycles. The topological polar surface area (TPSA) is 56.7 Å². The van der Waals surface area contributed by atoms with Gasteiger partial charge in [-0.1, -0.05) is 6.07 Å². The van der Waals surface area contributed by atoms with E-state index in [1.165, 1.54) is 0 Å². The zero-order valence-corrected chi connectivity index (χ0v) is 8.72. The van der Waals surface area contributed by atoms with Crippen LogP contribution >= 0.6 is 0 Å². The number of nitrogens with two attached hydrogens (primary N) is 1. The van der Waals surface area contributed by atoms with Gasteiger partial charge in [0.1, 0.15) is 11.6 Å². The van der Waals surface area contributed by atoms with E-state index in [1.54, 1.807) is 6.07 Å². The summed E-state index contributed by atoms with van der Waals surface area (Å²) in [7, 11) is 0. The van der Waals surface area contributed by atoms with Gasteiger partial charge in [0.05, 0.1) is 5.69 Å². The normalized spacial score (nSPS) is 10.5.